The molecule has 2 heterocycles. The van der Waals surface area contributed by atoms with Crippen molar-refractivity contribution in [2.45, 2.75) is 44.8 Å². The summed E-state index contributed by atoms with van der Waals surface area (Å²) < 4.78 is 7.17. The molecule has 1 saturated carbocycles. The molecule has 2 aromatic heterocycles. The second-order valence-electron chi connectivity index (χ2n) is 6.74. The van der Waals surface area contributed by atoms with Crippen LogP contribution in [-0.2, 0) is 13.1 Å². The molecule has 3 aromatic rings. The van der Waals surface area contributed by atoms with Crippen LogP contribution >= 0.6 is 0 Å². The van der Waals surface area contributed by atoms with Gasteiger partial charge in [0.25, 0.3) is 5.91 Å². The lowest BCUT2D eigenvalue weighted by molar-refractivity contribution is 0.0642. The molecule has 0 bridgehead atoms. The van der Waals surface area contributed by atoms with E-state index in [2.05, 4.69) is 10.3 Å². The van der Waals surface area contributed by atoms with Crippen molar-refractivity contribution in [1.29, 1.82) is 0 Å². The highest BCUT2D eigenvalue weighted by molar-refractivity contribution is 5.92. The van der Waals surface area contributed by atoms with Gasteiger partial charge in [-0.3, -0.25) is 4.79 Å². The summed E-state index contributed by atoms with van der Waals surface area (Å²) in [6.07, 6.45) is 7.76. The van der Waals surface area contributed by atoms with Crippen molar-refractivity contribution in [3.05, 3.63) is 71.9 Å². The lowest BCUT2D eigenvalue weighted by Crippen LogP contribution is -2.38. The number of furan rings is 1. The fourth-order valence-corrected chi connectivity index (χ4v) is 3.54. The van der Waals surface area contributed by atoms with Gasteiger partial charge in [0, 0.05) is 6.04 Å². The first-order valence-corrected chi connectivity index (χ1v) is 9.07. The second kappa shape index (κ2) is 7.56. The number of hydrogen-bond acceptors (Lipinski definition) is 4. The van der Waals surface area contributed by atoms with Crippen LogP contribution in [-0.4, -0.2) is 31.8 Å². The molecule has 1 aliphatic carbocycles. The summed E-state index contributed by atoms with van der Waals surface area (Å²) in [6, 6.07) is 14.0. The number of aromatic nitrogens is 3. The Bertz CT molecular complexity index is 836. The molecular weight excluding hydrogens is 328 g/mol. The predicted molar refractivity (Wildman–Crippen MR) is 96.4 cm³/mol. The van der Waals surface area contributed by atoms with Crippen molar-refractivity contribution in [2.24, 2.45) is 0 Å². The lowest BCUT2D eigenvalue weighted by atomic mass is 10.2. The Morgan fingerprint density at radius 2 is 1.96 bits per heavy atom. The first kappa shape index (κ1) is 16.6. The third kappa shape index (κ3) is 3.69. The largest absolute Gasteiger partial charge is 0.467 e. The molecule has 1 aromatic carbocycles. The smallest absolute Gasteiger partial charge is 0.276 e. The molecule has 0 N–H and O–H groups in total. The highest BCUT2D eigenvalue weighted by Crippen LogP contribution is 2.26. The fraction of sp³-hybridized carbons (Fsp3) is 0.350. The van der Waals surface area contributed by atoms with E-state index in [1.165, 1.54) is 0 Å². The Balaban J connectivity index is 1.51. The molecule has 0 radical (unpaired) electrons. The van der Waals surface area contributed by atoms with Gasteiger partial charge in [-0.1, -0.05) is 48.4 Å². The van der Waals surface area contributed by atoms with Crippen molar-refractivity contribution in [1.82, 2.24) is 19.9 Å². The van der Waals surface area contributed by atoms with E-state index >= 15 is 0 Å². The SMILES string of the molecule is O=C(c1cn(Cc2ccccc2)nn1)N(Cc1ccco1)C1CCCC1. The van der Waals surface area contributed by atoms with Gasteiger partial charge in [-0.05, 0) is 30.5 Å². The monoisotopic (exact) mass is 350 g/mol. The molecule has 134 valence electrons. The predicted octanol–water partition coefficient (Wildman–Crippen LogP) is 3.50. The number of nitrogens with zero attached hydrogens (tertiary/aromatic N) is 4. The lowest BCUT2D eigenvalue weighted by Gasteiger charge is -2.27. The molecule has 0 aliphatic heterocycles. The Hall–Kier alpha value is -2.89. The van der Waals surface area contributed by atoms with E-state index in [1.807, 2.05) is 47.4 Å². The average molecular weight is 350 g/mol. The van der Waals surface area contributed by atoms with E-state index in [0.717, 1.165) is 37.0 Å². The zero-order chi connectivity index (χ0) is 17.8. The maximum absolute atomic E-state index is 13.1. The summed E-state index contributed by atoms with van der Waals surface area (Å²) in [5, 5.41) is 8.26. The van der Waals surface area contributed by atoms with Crippen LogP contribution in [0.15, 0.2) is 59.3 Å². The Morgan fingerprint density at radius 1 is 1.15 bits per heavy atom. The highest BCUT2D eigenvalue weighted by atomic mass is 16.3. The van der Waals surface area contributed by atoms with Crippen molar-refractivity contribution in [3.63, 3.8) is 0 Å². The molecule has 0 saturated heterocycles. The molecule has 0 spiro atoms. The van der Waals surface area contributed by atoms with Crippen molar-refractivity contribution in [3.8, 4) is 0 Å². The zero-order valence-corrected chi connectivity index (χ0v) is 14.6. The van der Waals surface area contributed by atoms with Gasteiger partial charge in [0.05, 0.1) is 25.5 Å². The van der Waals surface area contributed by atoms with Gasteiger partial charge >= 0.3 is 0 Å². The van der Waals surface area contributed by atoms with Crippen LogP contribution in [0.5, 0.6) is 0 Å². The van der Waals surface area contributed by atoms with Gasteiger partial charge in [-0.2, -0.15) is 0 Å². The van der Waals surface area contributed by atoms with Crippen LogP contribution in [0.4, 0.5) is 0 Å². The number of rotatable bonds is 6. The number of carbonyl (C=O) groups is 1. The molecule has 4 rings (SSSR count). The Kier molecular flexibility index (Phi) is 4.82. The van der Waals surface area contributed by atoms with Gasteiger partial charge in [0.15, 0.2) is 5.69 Å². The van der Waals surface area contributed by atoms with Gasteiger partial charge in [-0.15, -0.1) is 5.10 Å². The van der Waals surface area contributed by atoms with Crippen molar-refractivity contribution in [2.75, 3.05) is 0 Å². The number of carbonyl (C=O) groups excluding carboxylic acids is 1. The van der Waals surface area contributed by atoms with Gasteiger partial charge < -0.3 is 9.32 Å². The molecule has 0 atom stereocenters. The highest BCUT2D eigenvalue weighted by Gasteiger charge is 2.29. The van der Waals surface area contributed by atoms with Crippen LogP contribution in [0.2, 0.25) is 0 Å². The van der Waals surface area contributed by atoms with Crippen molar-refractivity contribution >= 4 is 5.91 Å². The van der Waals surface area contributed by atoms with E-state index in [0.29, 0.717) is 18.8 Å². The minimum absolute atomic E-state index is 0.0763. The molecule has 1 fully saturated rings. The standard InChI is InChI=1S/C20H22N4O2/c25-20(19-15-23(22-21-19)13-16-7-2-1-3-8-16)24(17-9-4-5-10-17)14-18-11-6-12-26-18/h1-3,6-8,11-12,15,17H,4-5,9-10,13-14H2. The molecule has 0 unspecified atom stereocenters. The summed E-state index contributed by atoms with van der Waals surface area (Å²) in [6.45, 7) is 1.07. The van der Waals surface area contributed by atoms with Gasteiger partial charge in [-0.25, -0.2) is 4.68 Å². The van der Waals surface area contributed by atoms with Crippen LogP contribution in [0.1, 0.15) is 47.5 Å². The minimum atomic E-state index is -0.0763. The topological polar surface area (TPSA) is 64.2 Å². The van der Waals surface area contributed by atoms with Crippen LogP contribution < -0.4 is 0 Å². The Morgan fingerprint density at radius 3 is 2.69 bits per heavy atom. The minimum Gasteiger partial charge on any atom is -0.467 e. The summed E-state index contributed by atoms with van der Waals surface area (Å²) in [5.74, 6) is 0.717. The number of amides is 1. The summed E-state index contributed by atoms with van der Waals surface area (Å²) in [7, 11) is 0. The summed E-state index contributed by atoms with van der Waals surface area (Å²) >= 11 is 0. The van der Waals surface area contributed by atoms with E-state index in [4.69, 9.17) is 4.42 Å². The van der Waals surface area contributed by atoms with Crippen molar-refractivity contribution < 1.29 is 9.21 Å². The van der Waals surface area contributed by atoms with Gasteiger partial charge in [0.1, 0.15) is 5.76 Å². The molecule has 1 aliphatic rings. The zero-order valence-electron chi connectivity index (χ0n) is 14.6. The Labute approximate surface area is 152 Å². The van der Waals surface area contributed by atoms with E-state index < -0.39 is 0 Å². The van der Waals surface area contributed by atoms with E-state index in [9.17, 15) is 4.79 Å². The van der Waals surface area contributed by atoms with E-state index in [1.54, 1.807) is 17.1 Å². The molecular formula is C20H22N4O2. The molecule has 26 heavy (non-hydrogen) atoms. The molecule has 1 amide bonds. The first-order valence-electron chi connectivity index (χ1n) is 9.07. The average Bonchev–Trinajstić information content (AvgIpc) is 3.42. The third-order valence-electron chi connectivity index (χ3n) is 4.88. The molecule has 6 heteroatoms. The normalized spacial score (nSPS) is 14.6. The summed E-state index contributed by atoms with van der Waals surface area (Å²) in [4.78, 5) is 15.0. The van der Waals surface area contributed by atoms with Crippen LogP contribution in [0.3, 0.4) is 0 Å². The van der Waals surface area contributed by atoms with Crippen LogP contribution in [0.25, 0.3) is 0 Å². The maximum atomic E-state index is 13.1. The maximum Gasteiger partial charge on any atom is 0.276 e. The quantitative estimate of drug-likeness (QED) is 0.682. The van der Waals surface area contributed by atoms with E-state index in [-0.39, 0.29) is 11.9 Å². The van der Waals surface area contributed by atoms with Crippen LogP contribution in [0, 0.1) is 0 Å². The first-order chi connectivity index (χ1) is 12.8. The molecule has 6 nitrogen and oxygen atoms in total. The summed E-state index contributed by atoms with van der Waals surface area (Å²) in [5.41, 5.74) is 1.51. The second-order valence-corrected chi connectivity index (χ2v) is 6.74. The number of benzene rings is 1. The van der Waals surface area contributed by atoms with Gasteiger partial charge in [0.2, 0.25) is 0 Å². The number of hydrogen-bond donors (Lipinski definition) is 0. The third-order valence-corrected chi connectivity index (χ3v) is 4.88. The fourth-order valence-electron chi connectivity index (χ4n) is 3.54.